The van der Waals surface area contributed by atoms with Crippen LogP contribution in [0.5, 0.6) is 11.5 Å². The minimum absolute atomic E-state index is 0.0898. The Morgan fingerprint density at radius 3 is 2.82 bits per heavy atom. The quantitative estimate of drug-likeness (QED) is 0.521. The van der Waals surface area contributed by atoms with Gasteiger partial charge in [-0.25, -0.2) is 0 Å². The highest BCUT2D eigenvalue weighted by Gasteiger charge is 2.18. The largest absolute Gasteiger partial charge is 0.463 e. The van der Waals surface area contributed by atoms with E-state index in [4.69, 9.17) is 13.9 Å². The van der Waals surface area contributed by atoms with Crippen molar-refractivity contribution < 1.29 is 18.7 Å². The summed E-state index contributed by atoms with van der Waals surface area (Å²) in [7, 11) is 0. The molecule has 0 N–H and O–H groups in total. The molecule has 0 aliphatic carbocycles. The lowest BCUT2D eigenvalue weighted by Gasteiger charge is -2.02. The van der Waals surface area contributed by atoms with Gasteiger partial charge in [0, 0.05) is 18.7 Å². The van der Waals surface area contributed by atoms with E-state index in [1.807, 2.05) is 23.6 Å². The van der Waals surface area contributed by atoms with Crippen molar-refractivity contribution in [2.75, 3.05) is 6.79 Å². The number of benzene rings is 2. The maximum Gasteiger partial charge on any atom is 0.286 e. The van der Waals surface area contributed by atoms with Gasteiger partial charge in [-0.05, 0) is 19.1 Å². The van der Waals surface area contributed by atoms with Crippen LogP contribution in [0, 0.1) is 0 Å². The van der Waals surface area contributed by atoms with Gasteiger partial charge in [-0.2, -0.15) is 4.99 Å². The number of amides is 1. The zero-order chi connectivity index (χ0) is 19.3. The summed E-state index contributed by atoms with van der Waals surface area (Å²) in [4.78, 5) is 30.1. The van der Waals surface area contributed by atoms with Gasteiger partial charge in [0.1, 0.15) is 17.4 Å². The maximum atomic E-state index is 12.7. The molecule has 0 saturated heterocycles. The lowest BCUT2D eigenvalue weighted by Crippen LogP contribution is -2.19. The van der Waals surface area contributed by atoms with E-state index in [1.165, 1.54) is 17.6 Å². The molecular weight excluding hydrogens is 380 g/mol. The summed E-state index contributed by atoms with van der Waals surface area (Å²) in [5, 5.41) is 0.356. The van der Waals surface area contributed by atoms with Gasteiger partial charge in [0.2, 0.25) is 12.2 Å². The maximum absolute atomic E-state index is 12.7. The van der Waals surface area contributed by atoms with E-state index in [9.17, 15) is 9.59 Å². The molecule has 0 saturated carbocycles. The zero-order valence-corrected chi connectivity index (χ0v) is 15.6. The molecule has 0 atom stereocenters. The van der Waals surface area contributed by atoms with Gasteiger partial charge in [0.15, 0.2) is 16.3 Å². The fourth-order valence-corrected chi connectivity index (χ4v) is 4.33. The SMILES string of the molecule is CCn1c(=NC(=O)c2coc3ccccc3c2=O)sc2cc3c(cc21)OCO3. The third-order valence-corrected chi connectivity index (χ3v) is 5.64. The fourth-order valence-electron chi connectivity index (χ4n) is 3.22. The van der Waals surface area contributed by atoms with Crippen molar-refractivity contribution in [1.29, 1.82) is 0 Å². The van der Waals surface area contributed by atoms with E-state index in [0.717, 1.165) is 10.2 Å². The van der Waals surface area contributed by atoms with E-state index < -0.39 is 5.91 Å². The predicted molar refractivity (Wildman–Crippen MR) is 104 cm³/mol. The normalized spacial score (nSPS) is 13.5. The molecule has 7 nitrogen and oxygen atoms in total. The van der Waals surface area contributed by atoms with Crippen LogP contribution in [0.25, 0.3) is 21.2 Å². The van der Waals surface area contributed by atoms with Crippen LogP contribution in [0.3, 0.4) is 0 Å². The number of fused-ring (bicyclic) bond motifs is 3. The Morgan fingerprint density at radius 1 is 1.21 bits per heavy atom. The minimum Gasteiger partial charge on any atom is -0.463 e. The molecule has 2 aromatic heterocycles. The first-order valence-electron chi connectivity index (χ1n) is 8.68. The number of aromatic nitrogens is 1. The number of thiazole rings is 1. The third kappa shape index (κ3) is 2.53. The summed E-state index contributed by atoms with van der Waals surface area (Å²) < 4.78 is 19.1. The van der Waals surface area contributed by atoms with Gasteiger partial charge in [-0.15, -0.1) is 0 Å². The summed E-state index contributed by atoms with van der Waals surface area (Å²) in [6, 6.07) is 10.6. The van der Waals surface area contributed by atoms with E-state index in [-0.39, 0.29) is 17.8 Å². The van der Waals surface area contributed by atoms with Crippen molar-refractivity contribution in [3.05, 3.63) is 63.2 Å². The lowest BCUT2D eigenvalue weighted by molar-refractivity contribution is 0.0995. The first-order valence-corrected chi connectivity index (χ1v) is 9.50. The van der Waals surface area contributed by atoms with Gasteiger partial charge in [-0.1, -0.05) is 23.5 Å². The monoisotopic (exact) mass is 394 g/mol. The van der Waals surface area contributed by atoms with Crippen molar-refractivity contribution in [1.82, 2.24) is 4.57 Å². The number of nitrogens with zero attached hydrogens (tertiary/aromatic N) is 2. The average molecular weight is 394 g/mol. The van der Waals surface area contributed by atoms with Crippen LogP contribution in [0.1, 0.15) is 17.3 Å². The van der Waals surface area contributed by atoms with Crippen molar-refractivity contribution >= 4 is 38.4 Å². The van der Waals surface area contributed by atoms with E-state index in [0.29, 0.717) is 33.8 Å². The third-order valence-electron chi connectivity index (χ3n) is 4.60. The second-order valence-corrected chi connectivity index (χ2v) is 7.20. The molecule has 0 radical (unpaired) electrons. The zero-order valence-electron chi connectivity index (χ0n) is 14.8. The fraction of sp³-hybridized carbons (Fsp3) is 0.150. The Hall–Kier alpha value is -3.39. The summed E-state index contributed by atoms with van der Waals surface area (Å²) in [6.07, 6.45) is 1.18. The molecule has 8 heteroatoms. The van der Waals surface area contributed by atoms with Crippen LogP contribution in [-0.2, 0) is 6.54 Å². The second-order valence-electron chi connectivity index (χ2n) is 6.19. The van der Waals surface area contributed by atoms with Gasteiger partial charge in [0.25, 0.3) is 5.91 Å². The molecule has 28 heavy (non-hydrogen) atoms. The highest BCUT2D eigenvalue weighted by atomic mass is 32.1. The predicted octanol–water partition coefficient (Wildman–Crippen LogP) is 3.30. The molecule has 2 aromatic carbocycles. The van der Waals surface area contributed by atoms with Crippen molar-refractivity contribution in [2.24, 2.45) is 4.99 Å². The van der Waals surface area contributed by atoms with Crippen LogP contribution in [-0.4, -0.2) is 17.3 Å². The number of aryl methyl sites for hydroxylation is 1. The molecular formula is C20H14N2O5S. The number of hydrogen-bond donors (Lipinski definition) is 0. The van der Waals surface area contributed by atoms with Crippen LogP contribution in [0.4, 0.5) is 0 Å². The first kappa shape index (κ1) is 16.8. The molecule has 0 fully saturated rings. The standard InChI is InChI=1S/C20H14N2O5S/c1-2-22-13-7-15-16(27-10-26-15)8-17(13)28-20(22)21-19(24)12-9-25-14-6-4-3-5-11(14)18(12)23/h3-9H,2,10H2,1H3. The number of rotatable bonds is 2. The number of carbonyl (C=O) groups excluding carboxylic acids is 1. The highest BCUT2D eigenvalue weighted by molar-refractivity contribution is 7.16. The molecule has 0 bridgehead atoms. The number of hydrogen-bond acceptors (Lipinski definition) is 6. The summed E-state index contributed by atoms with van der Waals surface area (Å²) in [6.45, 7) is 2.77. The molecule has 1 amide bonds. The van der Waals surface area contributed by atoms with Crippen molar-refractivity contribution in [3.63, 3.8) is 0 Å². The molecule has 1 aliphatic heterocycles. The van der Waals surface area contributed by atoms with Crippen LogP contribution in [0.2, 0.25) is 0 Å². The first-order chi connectivity index (χ1) is 13.7. The van der Waals surface area contributed by atoms with Gasteiger partial charge in [-0.3, -0.25) is 9.59 Å². The summed E-state index contributed by atoms with van der Waals surface area (Å²) >= 11 is 1.35. The molecule has 1 aliphatic rings. The van der Waals surface area contributed by atoms with Crippen LogP contribution >= 0.6 is 11.3 Å². The number of para-hydroxylation sites is 1. The summed E-state index contributed by atoms with van der Waals surface area (Å²) in [5.74, 6) is 0.707. The lowest BCUT2D eigenvalue weighted by atomic mass is 10.2. The van der Waals surface area contributed by atoms with Crippen LogP contribution in [0.15, 0.2) is 56.9 Å². The molecule has 0 unspecified atom stereocenters. The van der Waals surface area contributed by atoms with E-state index >= 15 is 0 Å². The molecule has 140 valence electrons. The number of ether oxygens (including phenoxy) is 2. The molecule has 4 aromatic rings. The molecule has 5 rings (SSSR count). The Bertz CT molecular complexity index is 1380. The average Bonchev–Trinajstić information content (AvgIpc) is 3.29. The van der Waals surface area contributed by atoms with Gasteiger partial charge in [0.05, 0.1) is 15.6 Å². The highest BCUT2D eigenvalue weighted by Crippen LogP contribution is 2.36. The van der Waals surface area contributed by atoms with Gasteiger partial charge < -0.3 is 18.5 Å². The van der Waals surface area contributed by atoms with Gasteiger partial charge >= 0.3 is 0 Å². The Morgan fingerprint density at radius 2 is 2.00 bits per heavy atom. The van der Waals surface area contributed by atoms with Crippen molar-refractivity contribution in [3.8, 4) is 11.5 Å². The summed E-state index contributed by atoms with van der Waals surface area (Å²) in [5.41, 5.74) is 0.853. The number of carbonyl (C=O) groups is 1. The minimum atomic E-state index is -0.631. The molecule has 0 spiro atoms. The smallest absolute Gasteiger partial charge is 0.286 e. The van der Waals surface area contributed by atoms with E-state index in [2.05, 4.69) is 4.99 Å². The molecule has 3 heterocycles. The Labute approximate surface area is 162 Å². The second kappa shape index (κ2) is 6.35. The Kier molecular flexibility index (Phi) is 3.80. The topological polar surface area (TPSA) is 83.0 Å². The Balaban J connectivity index is 1.67. The van der Waals surface area contributed by atoms with Crippen molar-refractivity contribution in [2.45, 2.75) is 13.5 Å². The van der Waals surface area contributed by atoms with Crippen LogP contribution < -0.4 is 19.7 Å². The van der Waals surface area contributed by atoms with E-state index in [1.54, 1.807) is 24.3 Å².